The van der Waals surface area contributed by atoms with Crippen LogP contribution in [0.3, 0.4) is 0 Å². The molecule has 10 heteroatoms. The smallest absolute Gasteiger partial charge is 0.418 e. The average molecular weight is 495 g/mol. The lowest BCUT2D eigenvalue weighted by molar-refractivity contribution is -0.137. The Hall–Kier alpha value is -4.47. The second kappa shape index (κ2) is 9.65. The first-order valence-electron chi connectivity index (χ1n) is 10.7. The van der Waals surface area contributed by atoms with E-state index in [0.717, 1.165) is 12.1 Å². The molecule has 2 aromatic carbocycles. The number of aryl methyl sites for hydroxylation is 1. The molecule has 184 valence electrons. The molecule has 0 fully saturated rings. The van der Waals surface area contributed by atoms with Gasteiger partial charge in [-0.3, -0.25) is 14.4 Å². The van der Waals surface area contributed by atoms with E-state index in [0.29, 0.717) is 5.69 Å². The van der Waals surface area contributed by atoms with Gasteiger partial charge in [0.15, 0.2) is 0 Å². The van der Waals surface area contributed by atoms with E-state index < -0.39 is 41.1 Å². The number of para-hydroxylation sites is 2. The number of ether oxygens (including phenoxy) is 1. The quantitative estimate of drug-likeness (QED) is 0.395. The molecule has 1 amide bonds. The molecule has 0 aliphatic rings. The lowest BCUT2D eigenvalue weighted by Gasteiger charge is -2.16. The number of hydrogen-bond donors (Lipinski definition) is 1. The monoisotopic (exact) mass is 495 g/mol. The van der Waals surface area contributed by atoms with Gasteiger partial charge in [-0.05, 0) is 43.3 Å². The largest absolute Gasteiger partial charge is 0.496 e. The number of methoxy groups -OCH3 is 1. The summed E-state index contributed by atoms with van der Waals surface area (Å²) in [5, 5.41) is 2.36. The molecular formula is C26H20F3N3O4. The van der Waals surface area contributed by atoms with Crippen molar-refractivity contribution < 1.29 is 27.5 Å². The lowest BCUT2D eigenvalue weighted by atomic mass is 10.0. The number of benzene rings is 2. The third-order valence-electron chi connectivity index (χ3n) is 5.48. The van der Waals surface area contributed by atoms with E-state index in [9.17, 15) is 27.6 Å². The molecule has 7 nitrogen and oxygen atoms in total. The molecule has 2 aromatic heterocycles. The minimum Gasteiger partial charge on any atom is -0.496 e. The number of carbonyl (C=O) groups is 2. The van der Waals surface area contributed by atoms with Crippen LogP contribution in [0, 0.1) is 6.92 Å². The molecular weight excluding hydrogens is 475 g/mol. The van der Waals surface area contributed by atoms with E-state index in [4.69, 9.17) is 4.74 Å². The van der Waals surface area contributed by atoms with Gasteiger partial charge in [0.1, 0.15) is 17.9 Å². The van der Waals surface area contributed by atoms with Gasteiger partial charge in [-0.2, -0.15) is 13.2 Å². The number of aromatic nitrogens is 2. The fourth-order valence-corrected chi connectivity index (χ4v) is 3.80. The number of ketones is 1. The van der Waals surface area contributed by atoms with E-state index >= 15 is 0 Å². The van der Waals surface area contributed by atoms with Gasteiger partial charge in [0.2, 0.25) is 17.1 Å². The van der Waals surface area contributed by atoms with Crippen LogP contribution in [-0.4, -0.2) is 28.4 Å². The predicted molar refractivity (Wildman–Crippen MR) is 127 cm³/mol. The second-order valence-electron chi connectivity index (χ2n) is 7.94. The number of hydrogen-bond acceptors (Lipinski definition) is 5. The minimum absolute atomic E-state index is 0.0878. The molecule has 0 bridgehead atoms. The van der Waals surface area contributed by atoms with Crippen LogP contribution >= 0.6 is 0 Å². The maximum Gasteiger partial charge on any atom is 0.418 e. The van der Waals surface area contributed by atoms with Gasteiger partial charge in [0.25, 0.3) is 0 Å². The summed E-state index contributed by atoms with van der Waals surface area (Å²) in [6, 6.07) is 14.0. The SMILES string of the molecule is COc1ccccc1C(=O)c1cn(CC(=O)Nc2ccccc2C(F)(F)F)c2nc(C)ccc2c1=O. The Morgan fingerprint density at radius 1 is 1.00 bits per heavy atom. The van der Waals surface area contributed by atoms with E-state index in [1.165, 1.54) is 42.1 Å². The number of pyridine rings is 2. The van der Waals surface area contributed by atoms with Gasteiger partial charge in [-0.25, -0.2) is 4.98 Å². The number of alkyl halides is 3. The molecule has 0 aliphatic heterocycles. The number of amides is 1. The molecule has 0 spiro atoms. The highest BCUT2D eigenvalue weighted by atomic mass is 19.4. The van der Waals surface area contributed by atoms with Crippen LogP contribution in [0.1, 0.15) is 27.2 Å². The van der Waals surface area contributed by atoms with Crippen molar-refractivity contribution in [1.29, 1.82) is 0 Å². The molecule has 1 N–H and O–H groups in total. The van der Waals surface area contributed by atoms with Gasteiger partial charge in [0.05, 0.1) is 34.9 Å². The fourth-order valence-electron chi connectivity index (χ4n) is 3.80. The van der Waals surface area contributed by atoms with Crippen molar-refractivity contribution in [2.45, 2.75) is 19.6 Å². The Balaban J connectivity index is 1.78. The van der Waals surface area contributed by atoms with Crippen LogP contribution in [0.2, 0.25) is 0 Å². The minimum atomic E-state index is -4.67. The molecule has 4 rings (SSSR count). The summed E-state index contributed by atoms with van der Waals surface area (Å²) in [6.07, 6.45) is -3.47. The van der Waals surface area contributed by atoms with Crippen molar-refractivity contribution >= 4 is 28.4 Å². The number of fused-ring (bicyclic) bond motifs is 1. The molecule has 0 unspecified atom stereocenters. The summed E-state index contributed by atoms with van der Waals surface area (Å²) in [5.74, 6) is -1.16. The lowest BCUT2D eigenvalue weighted by Crippen LogP contribution is -2.25. The van der Waals surface area contributed by atoms with Gasteiger partial charge in [-0.15, -0.1) is 0 Å². The first-order chi connectivity index (χ1) is 17.1. The number of carbonyl (C=O) groups excluding carboxylic acids is 2. The molecule has 4 aromatic rings. The van der Waals surface area contributed by atoms with Crippen molar-refractivity contribution in [1.82, 2.24) is 9.55 Å². The maximum atomic E-state index is 13.3. The summed E-state index contributed by atoms with van der Waals surface area (Å²) >= 11 is 0. The highest BCUT2D eigenvalue weighted by Crippen LogP contribution is 2.34. The van der Waals surface area contributed by atoms with E-state index in [2.05, 4.69) is 10.3 Å². The third kappa shape index (κ3) is 4.83. The summed E-state index contributed by atoms with van der Waals surface area (Å²) in [5.41, 5.74) is -1.42. The van der Waals surface area contributed by atoms with Gasteiger partial charge >= 0.3 is 6.18 Å². The van der Waals surface area contributed by atoms with Crippen molar-refractivity contribution in [3.63, 3.8) is 0 Å². The van der Waals surface area contributed by atoms with Crippen molar-refractivity contribution in [3.8, 4) is 5.75 Å². The highest BCUT2D eigenvalue weighted by Gasteiger charge is 2.33. The second-order valence-corrected chi connectivity index (χ2v) is 7.94. The Kier molecular flexibility index (Phi) is 6.61. The highest BCUT2D eigenvalue weighted by molar-refractivity contribution is 6.11. The molecule has 0 saturated carbocycles. The number of anilines is 1. The molecule has 2 heterocycles. The summed E-state index contributed by atoms with van der Waals surface area (Å²) in [7, 11) is 1.39. The van der Waals surface area contributed by atoms with Gasteiger partial charge < -0.3 is 14.6 Å². The summed E-state index contributed by atoms with van der Waals surface area (Å²) in [4.78, 5) is 43.6. The molecule has 0 saturated heterocycles. The zero-order chi connectivity index (χ0) is 26.0. The van der Waals surface area contributed by atoms with Crippen LogP contribution in [0.25, 0.3) is 11.0 Å². The number of nitrogens with zero attached hydrogens (tertiary/aromatic N) is 2. The number of rotatable bonds is 6. The van der Waals surface area contributed by atoms with Crippen molar-refractivity contribution in [3.05, 3.63) is 99.5 Å². The number of halogens is 3. The maximum absolute atomic E-state index is 13.3. The summed E-state index contributed by atoms with van der Waals surface area (Å²) in [6.45, 7) is 1.19. The Morgan fingerprint density at radius 3 is 2.42 bits per heavy atom. The Labute approximate surface area is 203 Å². The Morgan fingerprint density at radius 2 is 1.69 bits per heavy atom. The average Bonchev–Trinajstić information content (AvgIpc) is 2.85. The Bertz CT molecular complexity index is 1540. The van der Waals surface area contributed by atoms with E-state index in [1.807, 2.05) is 0 Å². The molecule has 0 atom stereocenters. The van der Waals surface area contributed by atoms with E-state index in [1.54, 1.807) is 31.2 Å². The van der Waals surface area contributed by atoms with Crippen LogP contribution in [-0.2, 0) is 17.5 Å². The summed E-state index contributed by atoms with van der Waals surface area (Å²) < 4.78 is 46.5. The first kappa shape index (κ1) is 24.6. The fraction of sp³-hybridized carbons (Fsp3) is 0.154. The van der Waals surface area contributed by atoms with Crippen LogP contribution in [0.5, 0.6) is 5.75 Å². The topological polar surface area (TPSA) is 90.3 Å². The van der Waals surface area contributed by atoms with E-state index in [-0.39, 0.29) is 27.9 Å². The zero-order valence-electron chi connectivity index (χ0n) is 19.2. The van der Waals surface area contributed by atoms with Gasteiger partial charge in [-0.1, -0.05) is 24.3 Å². The zero-order valence-corrected chi connectivity index (χ0v) is 19.2. The van der Waals surface area contributed by atoms with Crippen LogP contribution in [0.15, 0.2) is 71.7 Å². The first-order valence-corrected chi connectivity index (χ1v) is 10.7. The molecule has 0 radical (unpaired) electrons. The number of nitrogens with one attached hydrogen (secondary N) is 1. The van der Waals surface area contributed by atoms with Gasteiger partial charge in [0, 0.05) is 11.9 Å². The van der Waals surface area contributed by atoms with Crippen LogP contribution < -0.4 is 15.5 Å². The normalized spacial score (nSPS) is 11.4. The van der Waals surface area contributed by atoms with Crippen molar-refractivity contribution in [2.75, 3.05) is 12.4 Å². The predicted octanol–water partition coefficient (Wildman–Crippen LogP) is 4.60. The van der Waals surface area contributed by atoms with Crippen molar-refractivity contribution in [2.24, 2.45) is 0 Å². The van der Waals surface area contributed by atoms with Crippen LogP contribution in [0.4, 0.5) is 18.9 Å². The third-order valence-corrected chi connectivity index (χ3v) is 5.48. The molecule has 0 aliphatic carbocycles. The standard InChI is InChI=1S/C26H20F3N3O4/c1-15-11-12-17-24(35)18(23(34)16-7-3-6-10-21(16)36-2)13-32(25(17)30-15)14-22(33)31-20-9-5-4-8-19(20)26(27,28)29/h3-13H,14H2,1-2H3,(H,31,33). The molecule has 36 heavy (non-hydrogen) atoms.